The number of rotatable bonds is 2. The van der Waals surface area contributed by atoms with Crippen molar-refractivity contribution in [2.24, 2.45) is 5.73 Å². The second kappa shape index (κ2) is 4.33. The molecule has 1 atom stereocenters. The Bertz CT molecular complexity index is 164. The van der Waals surface area contributed by atoms with Crippen LogP contribution in [0.25, 0.3) is 0 Å². The van der Waals surface area contributed by atoms with E-state index in [-0.39, 0.29) is 6.42 Å². The highest BCUT2D eigenvalue weighted by Gasteiger charge is 2.30. The Kier molecular flexibility index (Phi) is 3.62. The molecular weight excluding hydrogens is 174 g/mol. The maximum Gasteiger partial charge on any atom is 0.240 e. The zero-order chi connectivity index (χ0) is 9.90. The van der Waals surface area contributed by atoms with Gasteiger partial charge in [0, 0.05) is 12.0 Å². The maximum absolute atomic E-state index is 12.2. The second-order valence-electron chi connectivity index (χ2n) is 4.11. The quantitative estimate of drug-likeness (QED) is 0.717. The fourth-order valence-corrected chi connectivity index (χ4v) is 1.86. The topological polar surface area (TPSA) is 29.3 Å². The summed E-state index contributed by atoms with van der Waals surface area (Å²) in [6.07, 6.45) is -0.0794. The normalized spacial score (nSPS) is 32.1. The molecule has 1 heterocycles. The highest BCUT2D eigenvalue weighted by molar-refractivity contribution is 4.88. The summed E-state index contributed by atoms with van der Waals surface area (Å²) < 4.78 is 24.4. The van der Waals surface area contributed by atoms with Gasteiger partial charge in [-0.05, 0) is 39.4 Å². The van der Waals surface area contributed by atoms with E-state index in [0.29, 0.717) is 6.42 Å². The average Bonchev–Trinajstić information content (AvgIpc) is 2.12. The van der Waals surface area contributed by atoms with Gasteiger partial charge in [-0.25, -0.2) is 8.78 Å². The Morgan fingerprint density at radius 2 is 2.08 bits per heavy atom. The lowest BCUT2D eigenvalue weighted by Crippen LogP contribution is -2.42. The first kappa shape index (κ1) is 10.9. The van der Waals surface area contributed by atoms with Gasteiger partial charge in [0.05, 0.1) is 0 Å². The van der Waals surface area contributed by atoms with Crippen molar-refractivity contribution < 1.29 is 8.78 Å². The predicted molar refractivity (Wildman–Crippen MR) is 48.9 cm³/mol. The highest BCUT2D eigenvalue weighted by atomic mass is 19.3. The Hall–Kier alpha value is -0.220. The first-order valence-electron chi connectivity index (χ1n) is 4.77. The Balaban J connectivity index is 2.47. The zero-order valence-corrected chi connectivity index (χ0v) is 8.10. The number of halogens is 2. The number of hydrogen-bond donors (Lipinski definition) is 1. The molecule has 78 valence electrons. The molecule has 1 unspecified atom stereocenters. The summed E-state index contributed by atoms with van der Waals surface area (Å²) in [6.45, 7) is 1.81. The first-order valence-corrected chi connectivity index (χ1v) is 4.77. The molecule has 1 aliphatic heterocycles. The summed E-state index contributed by atoms with van der Waals surface area (Å²) in [5, 5.41) is 0. The number of nitrogens with two attached hydrogens (primary N) is 1. The molecule has 0 aromatic heterocycles. The molecule has 13 heavy (non-hydrogen) atoms. The molecule has 4 heteroatoms. The van der Waals surface area contributed by atoms with E-state index in [1.54, 1.807) is 0 Å². The summed E-state index contributed by atoms with van der Waals surface area (Å²) in [6, 6.07) is 0. The molecule has 2 N–H and O–H groups in total. The van der Waals surface area contributed by atoms with Gasteiger partial charge in [0.25, 0.3) is 0 Å². The van der Waals surface area contributed by atoms with Crippen LogP contribution in [0, 0.1) is 0 Å². The lowest BCUT2D eigenvalue weighted by molar-refractivity contribution is 0.0989. The van der Waals surface area contributed by atoms with Crippen molar-refractivity contribution in [3.05, 3.63) is 0 Å². The van der Waals surface area contributed by atoms with E-state index in [1.807, 2.05) is 7.05 Å². The van der Waals surface area contributed by atoms with Crippen molar-refractivity contribution in [3.63, 3.8) is 0 Å². The van der Waals surface area contributed by atoms with Crippen LogP contribution in [0.15, 0.2) is 0 Å². The third-order valence-corrected chi connectivity index (χ3v) is 2.77. The molecule has 0 aromatic carbocycles. The van der Waals surface area contributed by atoms with Gasteiger partial charge in [0.2, 0.25) is 6.43 Å². The van der Waals surface area contributed by atoms with Crippen molar-refractivity contribution in [1.29, 1.82) is 0 Å². The van der Waals surface area contributed by atoms with E-state index in [4.69, 9.17) is 5.73 Å². The second-order valence-corrected chi connectivity index (χ2v) is 4.11. The van der Waals surface area contributed by atoms with Crippen molar-refractivity contribution >= 4 is 0 Å². The van der Waals surface area contributed by atoms with E-state index < -0.39 is 12.0 Å². The molecule has 2 nitrogen and oxygen atoms in total. The van der Waals surface area contributed by atoms with Crippen LogP contribution in [0.3, 0.4) is 0 Å². The fraction of sp³-hybridized carbons (Fsp3) is 1.00. The molecule has 0 aliphatic carbocycles. The summed E-state index contributed by atoms with van der Waals surface area (Å²) >= 11 is 0. The third kappa shape index (κ3) is 3.56. The Morgan fingerprint density at radius 1 is 1.38 bits per heavy atom. The Morgan fingerprint density at radius 3 is 2.69 bits per heavy atom. The third-order valence-electron chi connectivity index (χ3n) is 2.77. The van der Waals surface area contributed by atoms with Crippen LogP contribution in [0.4, 0.5) is 8.78 Å². The van der Waals surface area contributed by atoms with Gasteiger partial charge in [0.1, 0.15) is 0 Å². The highest BCUT2D eigenvalue weighted by Crippen LogP contribution is 2.25. The van der Waals surface area contributed by atoms with Crippen molar-refractivity contribution in [3.8, 4) is 0 Å². The number of alkyl halides is 2. The van der Waals surface area contributed by atoms with Crippen molar-refractivity contribution in [2.45, 2.75) is 37.6 Å². The molecule has 1 rings (SSSR count). The van der Waals surface area contributed by atoms with Gasteiger partial charge in [-0.1, -0.05) is 0 Å². The monoisotopic (exact) mass is 192 g/mol. The maximum atomic E-state index is 12.2. The molecule has 0 bridgehead atoms. The van der Waals surface area contributed by atoms with Crippen molar-refractivity contribution in [2.75, 3.05) is 20.1 Å². The minimum Gasteiger partial charge on any atom is -0.325 e. The molecule has 1 fully saturated rings. The standard InChI is InChI=1S/C9H18F2N2/c1-13-5-2-3-9(12,4-6-13)7-8(10)11/h8H,2-7,12H2,1H3. The van der Waals surface area contributed by atoms with Gasteiger partial charge < -0.3 is 10.6 Å². The molecule has 0 spiro atoms. The minimum absolute atomic E-state index is 0.152. The van der Waals surface area contributed by atoms with Crippen LogP contribution in [0.1, 0.15) is 25.7 Å². The molecular formula is C9H18F2N2. The van der Waals surface area contributed by atoms with Crippen LogP contribution in [-0.2, 0) is 0 Å². The molecule has 0 saturated carbocycles. The SMILES string of the molecule is CN1CCCC(N)(CC(F)F)CC1. The van der Waals surface area contributed by atoms with Gasteiger partial charge >= 0.3 is 0 Å². The molecule has 0 amide bonds. The van der Waals surface area contributed by atoms with Crippen LogP contribution in [0.2, 0.25) is 0 Å². The molecule has 0 radical (unpaired) electrons. The first-order chi connectivity index (χ1) is 6.02. The van der Waals surface area contributed by atoms with Crippen LogP contribution >= 0.6 is 0 Å². The lowest BCUT2D eigenvalue weighted by atomic mass is 9.88. The largest absolute Gasteiger partial charge is 0.325 e. The zero-order valence-electron chi connectivity index (χ0n) is 8.10. The van der Waals surface area contributed by atoms with Crippen LogP contribution in [-0.4, -0.2) is 37.0 Å². The predicted octanol–water partition coefficient (Wildman–Crippen LogP) is 1.45. The van der Waals surface area contributed by atoms with Gasteiger partial charge in [-0.2, -0.15) is 0 Å². The summed E-state index contributed by atoms with van der Waals surface area (Å²) in [5.74, 6) is 0. The molecule has 1 aliphatic rings. The number of nitrogens with zero attached hydrogens (tertiary/aromatic N) is 1. The van der Waals surface area contributed by atoms with E-state index in [0.717, 1.165) is 25.9 Å². The van der Waals surface area contributed by atoms with E-state index in [1.165, 1.54) is 0 Å². The lowest BCUT2D eigenvalue weighted by Gasteiger charge is -2.27. The number of hydrogen-bond acceptors (Lipinski definition) is 2. The summed E-state index contributed by atoms with van der Waals surface area (Å²) in [7, 11) is 2.01. The van der Waals surface area contributed by atoms with Crippen LogP contribution < -0.4 is 5.73 Å². The average molecular weight is 192 g/mol. The fourth-order valence-electron chi connectivity index (χ4n) is 1.86. The number of likely N-dealkylation sites (tertiary alicyclic amines) is 1. The van der Waals surface area contributed by atoms with Crippen LogP contribution in [0.5, 0.6) is 0 Å². The summed E-state index contributed by atoms with van der Waals surface area (Å²) in [5.41, 5.74) is 5.29. The smallest absolute Gasteiger partial charge is 0.240 e. The minimum atomic E-state index is -2.27. The van der Waals surface area contributed by atoms with Gasteiger partial charge in [-0.3, -0.25) is 0 Å². The molecule has 0 aromatic rings. The van der Waals surface area contributed by atoms with Crippen molar-refractivity contribution in [1.82, 2.24) is 4.90 Å². The summed E-state index contributed by atoms with van der Waals surface area (Å²) in [4.78, 5) is 2.15. The van der Waals surface area contributed by atoms with Gasteiger partial charge in [0.15, 0.2) is 0 Å². The van der Waals surface area contributed by atoms with E-state index >= 15 is 0 Å². The molecule has 1 saturated heterocycles. The Labute approximate surface area is 78.1 Å². The van der Waals surface area contributed by atoms with E-state index in [9.17, 15) is 8.78 Å². The van der Waals surface area contributed by atoms with Gasteiger partial charge in [-0.15, -0.1) is 0 Å². The van der Waals surface area contributed by atoms with E-state index in [2.05, 4.69) is 4.90 Å².